The van der Waals surface area contributed by atoms with E-state index in [1.807, 2.05) is 23.0 Å². The fourth-order valence-electron chi connectivity index (χ4n) is 2.87. The van der Waals surface area contributed by atoms with Crippen LogP contribution in [0.3, 0.4) is 0 Å². The molecule has 0 radical (unpaired) electrons. The van der Waals surface area contributed by atoms with E-state index in [4.69, 9.17) is 0 Å². The Kier molecular flexibility index (Phi) is 2.94. The molecule has 0 aromatic carbocycles. The Balaban J connectivity index is 1.74. The molecule has 2 heterocycles. The van der Waals surface area contributed by atoms with Gasteiger partial charge in [0.05, 0.1) is 6.20 Å². The highest BCUT2D eigenvalue weighted by Crippen LogP contribution is 2.35. The zero-order chi connectivity index (χ0) is 12.4. The molecule has 1 aliphatic carbocycles. The van der Waals surface area contributed by atoms with E-state index in [9.17, 15) is 0 Å². The van der Waals surface area contributed by atoms with E-state index < -0.39 is 0 Å². The number of nitrogens with zero attached hydrogens (tertiary/aromatic N) is 3. The van der Waals surface area contributed by atoms with Crippen LogP contribution >= 0.6 is 0 Å². The van der Waals surface area contributed by atoms with Crippen molar-refractivity contribution in [2.75, 3.05) is 11.9 Å². The predicted molar refractivity (Wildman–Crippen MR) is 72.7 cm³/mol. The van der Waals surface area contributed by atoms with E-state index in [2.05, 4.69) is 22.3 Å². The SMILES string of the molecule is CC1(CNc2nccn3nccc23)CCCCC1. The minimum atomic E-state index is 0.423. The molecule has 1 saturated carbocycles. The molecule has 1 fully saturated rings. The van der Waals surface area contributed by atoms with E-state index in [1.54, 1.807) is 6.20 Å². The number of hydrogen-bond acceptors (Lipinski definition) is 3. The molecule has 0 spiro atoms. The summed E-state index contributed by atoms with van der Waals surface area (Å²) < 4.78 is 1.86. The van der Waals surface area contributed by atoms with Gasteiger partial charge in [0.25, 0.3) is 0 Å². The van der Waals surface area contributed by atoms with Gasteiger partial charge in [-0.2, -0.15) is 5.10 Å². The van der Waals surface area contributed by atoms with Crippen LogP contribution in [0.25, 0.3) is 5.52 Å². The van der Waals surface area contributed by atoms with Gasteiger partial charge < -0.3 is 5.32 Å². The van der Waals surface area contributed by atoms with E-state index in [1.165, 1.54) is 32.1 Å². The first-order valence-corrected chi connectivity index (χ1v) is 6.79. The van der Waals surface area contributed by atoms with Gasteiger partial charge in [0.1, 0.15) is 5.52 Å². The molecule has 0 amide bonds. The Labute approximate surface area is 107 Å². The summed E-state index contributed by atoms with van der Waals surface area (Å²) in [6, 6.07) is 2.00. The zero-order valence-electron chi connectivity index (χ0n) is 10.9. The zero-order valence-corrected chi connectivity index (χ0v) is 10.9. The second kappa shape index (κ2) is 4.59. The molecule has 1 aliphatic rings. The largest absolute Gasteiger partial charge is 0.368 e. The maximum atomic E-state index is 4.42. The Hall–Kier alpha value is -1.58. The lowest BCUT2D eigenvalue weighted by Crippen LogP contribution is -2.29. The van der Waals surface area contributed by atoms with Crippen LogP contribution in [0.2, 0.25) is 0 Å². The second-order valence-corrected chi connectivity index (χ2v) is 5.66. The van der Waals surface area contributed by atoms with Crippen molar-refractivity contribution >= 4 is 11.3 Å². The average molecular weight is 244 g/mol. The fourth-order valence-corrected chi connectivity index (χ4v) is 2.87. The Morgan fingerprint density at radius 1 is 1.28 bits per heavy atom. The van der Waals surface area contributed by atoms with Crippen LogP contribution in [-0.2, 0) is 0 Å². The molecule has 3 rings (SSSR count). The molecular weight excluding hydrogens is 224 g/mol. The topological polar surface area (TPSA) is 42.2 Å². The molecule has 0 aliphatic heterocycles. The summed E-state index contributed by atoms with van der Waals surface area (Å²) in [6.07, 6.45) is 12.3. The monoisotopic (exact) mass is 244 g/mol. The maximum absolute atomic E-state index is 4.42. The normalized spacial score (nSPS) is 18.9. The van der Waals surface area contributed by atoms with Gasteiger partial charge in [0.2, 0.25) is 0 Å². The molecule has 0 unspecified atom stereocenters. The van der Waals surface area contributed by atoms with Gasteiger partial charge in [-0.15, -0.1) is 0 Å². The second-order valence-electron chi connectivity index (χ2n) is 5.66. The van der Waals surface area contributed by atoms with Crippen molar-refractivity contribution in [2.24, 2.45) is 5.41 Å². The average Bonchev–Trinajstić information content (AvgIpc) is 2.86. The number of nitrogens with one attached hydrogen (secondary N) is 1. The van der Waals surface area contributed by atoms with Crippen molar-refractivity contribution in [1.82, 2.24) is 14.6 Å². The summed E-state index contributed by atoms with van der Waals surface area (Å²) >= 11 is 0. The highest BCUT2D eigenvalue weighted by Gasteiger charge is 2.26. The third kappa shape index (κ3) is 2.19. The number of hydrogen-bond donors (Lipinski definition) is 1. The van der Waals surface area contributed by atoms with E-state index >= 15 is 0 Å². The third-order valence-corrected chi connectivity index (χ3v) is 4.07. The number of aromatic nitrogens is 3. The Morgan fingerprint density at radius 2 is 2.11 bits per heavy atom. The highest BCUT2D eigenvalue weighted by atomic mass is 15.2. The van der Waals surface area contributed by atoms with Gasteiger partial charge in [0, 0.05) is 18.9 Å². The molecular formula is C14H20N4. The molecule has 18 heavy (non-hydrogen) atoms. The first kappa shape index (κ1) is 11.5. The minimum Gasteiger partial charge on any atom is -0.368 e. The number of rotatable bonds is 3. The van der Waals surface area contributed by atoms with Crippen LogP contribution in [0.4, 0.5) is 5.82 Å². The van der Waals surface area contributed by atoms with Gasteiger partial charge in [-0.05, 0) is 24.3 Å². The van der Waals surface area contributed by atoms with Crippen molar-refractivity contribution in [3.8, 4) is 0 Å². The van der Waals surface area contributed by atoms with Crippen molar-refractivity contribution in [2.45, 2.75) is 39.0 Å². The van der Waals surface area contributed by atoms with Crippen LogP contribution < -0.4 is 5.32 Å². The molecule has 1 N–H and O–H groups in total. The third-order valence-electron chi connectivity index (χ3n) is 4.07. The van der Waals surface area contributed by atoms with Crippen LogP contribution in [0.1, 0.15) is 39.0 Å². The lowest BCUT2D eigenvalue weighted by Gasteiger charge is -2.33. The van der Waals surface area contributed by atoms with E-state index in [0.29, 0.717) is 5.41 Å². The van der Waals surface area contributed by atoms with Crippen molar-refractivity contribution in [3.05, 3.63) is 24.7 Å². The highest BCUT2D eigenvalue weighted by molar-refractivity contribution is 5.66. The van der Waals surface area contributed by atoms with Crippen molar-refractivity contribution in [3.63, 3.8) is 0 Å². The smallest absolute Gasteiger partial charge is 0.152 e. The van der Waals surface area contributed by atoms with Crippen LogP contribution in [-0.4, -0.2) is 21.1 Å². The van der Waals surface area contributed by atoms with Crippen LogP contribution in [0.5, 0.6) is 0 Å². The first-order chi connectivity index (χ1) is 8.77. The van der Waals surface area contributed by atoms with Gasteiger partial charge in [-0.3, -0.25) is 0 Å². The molecule has 2 aromatic heterocycles. The fraction of sp³-hybridized carbons (Fsp3) is 0.571. The summed E-state index contributed by atoms with van der Waals surface area (Å²) in [5.74, 6) is 0.946. The van der Waals surface area contributed by atoms with Gasteiger partial charge in [0.15, 0.2) is 5.82 Å². The Bertz CT molecular complexity index is 525. The molecule has 0 bridgehead atoms. The number of fused-ring (bicyclic) bond motifs is 1. The molecule has 4 heteroatoms. The summed E-state index contributed by atoms with van der Waals surface area (Å²) in [7, 11) is 0. The molecule has 96 valence electrons. The molecule has 0 atom stereocenters. The predicted octanol–water partition coefficient (Wildman–Crippen LogP) is 3.11. The minimum absolute atomic E-state index is 0.423. The Morgan fingerprint density at radius 3 is 2.94 bits per heavy atom. The van der Waals surface area contributed by atoms with Gasteiger partial charge in [-0.1, -0.05) is 26.2 Å². The molecule has 4 nitrogen and oxygen atoms in total. The first-order valence-electron chi connectivity index (χ1n) is 6.79. The maximum Gasteiger partial charge on any atom is 0.152 e. The van der Waals surface area contributed by atoms with Gasteiger partial charge in [-0.25, -0.2) is 9.50 Å². The summed E-state index contributed by atoms with van der Waals surface area (Å²) in [5, 5.41) is 7.74. The standard InChI is InChI=1S/C14H20N4/c1-14(6-3-2-4-7-14)11-16-13-12-5-8-17-18(12)10-9-15-13/h5,8-10H,2-4,6-7,11H2,1H3,(H,15,16). The van der Waals surface area contributed by atoms with Crippen molar-refractivity contribution < 1.29 is 0 Å². The number of anilines is 1. The van der Waals surface area contributed by atoms with Crippen molar-refractivity contribution in [1.29, 1.82) is 0 Å². The van der Waals surface area contributed by atoms with E-state index in [0.717, 1.165) is 17.9 Å². The molecule has 2 aromatic rings. The summed E-state index contributed by atoms with van der Waals surface area (Å²) in [6.45, 7) is 3.39. The summed E-state index contributed by atoms with van der Waals surface area (Å²) in [4.78, 5) is 4.42. The quantitative estimate of drug-likeness (QED) is 0.902. The lowest BCUT2D eigenvalue weighted by molar-refractivity contribution is 0.233. The van der Waals surface area contributed by atoms with E-state index in [-0.39, 0.29) is 0 Å². The summed E-state index contributed by atoms with van der Waals surface area (Å²) in [5.41, 5.74) is 1.48. The van der Waals surface area contributed by atoms with Crippen LogP contribution in [0, 0.1) is 5.41 Å². The lowest BCUT2D eigenvalue weighted by atomic mass is 9.76. The molecule has 0 saturated heterocycles. The van der Waals surface area contributed by atoms with Gasteiger partial charge >= 0.3 is 0 Å². The van der Waals surface area contributed by atoms with Crippen LogP contribution in [0.15, 0.2) is 24.7 Å².